The normalized spacial score (nSPS) is 11.0. The maximum Gasteiger partial charge on any atom is 0.273 e. The van der Waals surface area contributed by atoms with Crippen LogP contribution in [0, 0.1) is 0 Å². The van der Waals surface area contributed by atoms with Gasteiger partial charge in [-0.1, -0.05) is 35.0 Å². The summed E-state index contributed by atoms with van der Waals surface area (Å²) >= 11 is 6.11. The number of aromatic nitrogens is 3. The predicted octanol–water partition coefficient (Wildman–Crippen LogP) is 3.84. The molecule has 0 bridgehead atoms. The van der Waals surface area contributed by atoms with Crippen molar-refractivity contribution < 1.29 is 9.32 Å². The van der Waals surface area contributed by atoms with Crippen molar-refractivity contribution in [2.45, 2.75) is 6.42 Å². The van der Waals surface area contributed by atoms with Gasteiger partial charge in [-0.25, -0.2) is 0 Å². The molecule has 0 saturated heterocycles. The van der Waals surface area contributed by atoms with E-state index in [2.05, 4.69) is 20.7 Å². The van der Waals surface area contributed by atoms with Gasteiger partial charge in [-0.05, 0) is 36.2 Å². The van der Waals surface area contributed by atoms with E-state index in [1.807, 2.05) is 42.5 Å². The molecule has 2 N–H and O–H groups in total. The average Bonchev–Trinajstić information content (AvgIpc) is 3.32. The molecule has 0 aliphatic carbocycles. The number of nitrogens with zero attached hydrogens (tertiary/aromatic N) is 2. The van der Waals surface area contributed by atoms with Gasteiger partial charge in [0.15, 0.2) is 11.5 Å². The molecule has 130 valence electrons. The fourth-order valence-corrected chi connectivity index (χ4v) is 2.95. The molecule has 0 saturated carbocycles. The lowest BCUT2D eigenvalue weighted by Crippen LogP contribution is -2.25. The molecule has 26 heavy (non-hydrogen) atoms. The first kappa shape index (κ1) is 16.4. The van der Waals surface area contributed by atoms with Gasteiger partial charge in [0.1, 0.15) is 0 Å². The van der Waals surface area contributed by atoms with Crippen LogP contribution in [0.2, 0.25) is 5.02 Å². The van der Waals surface area contributed by atoms with Gasteiger partial charge in [0.2, 0.25) is 0 Å². The van der Waals surface area contributed by atoms with E-state index in [4.69, 9.17) is 16.1 Å². The summed E-state index contributed by atoms with van der Waals surface area (Å²) in [6.45, 7) is 0.464. The number of carbonyl (C=O) groups is 1. The van der Waals surface area contributed by atoms with E-state index in [0.717, 1.165) is 22.0 Å². The zero-order valence-electron chi connectivity index (χ0n) is 13.7. The molecule has 0 fully saturated rings. The highest BCUT2D eigenvalue weighted by Gasteiger charge is 2.14. The van der Waals surface area contributed by atoms with Crippen molar-refractivity contribution in [2.75, 3.05) is 6.54 Å². The number of carbonyl (C=O) groups excluding carboxylic acids is 1. The third kappa shape index (κ3) is 3.32. The summed E-state index contributed by atoms with van der Waals surface area (Å²) in [7, 11) is 0. The van der Waals surface area contributed by atoms with Gasteiger partial charge in [0.05, 0.1) is 11.7 Å². The van der Waals surface area contributed by atoms with Gasteiger partial charge in [0.25, 0.3) is 5.91 Å². The SMILES string of the molecule is O=C(NCCc1ccccc1Cl)c1cc(-c2ccc3[nH]ncc3c2)on1. The van der Waals surface area contributed by atoms with Crippen LogP contribution in [0.5, 0.6) is 0 Å². The lowest BCUT2D eigenvalue weighted by Gasteiger charge is -2.04. The highest BCUT2D eigenvalue weighted by molar-refractivity contribution is 6.31. The van der Waals surface area contributed by atoms with E-state index in [-0.39, 0.29) is 11.6 Å². The van der Waals surface area contributed by atoms with Gasteiger partial charge in [-0.15, -0.1) is 0 Å². The quantitative estimate of drug-likeness (QED) is 0.562. The van der Waals surface area contributed by atoms with Crippen LogP contribution in [0.3, 0.4) is 0 Å². The number of amides is 1. The van der Waals surface area contributed by atoms with Gasteiger partial charge >= 0.3 is 0 Å². The van der Waals surface area contributed by atoms with E-state index >= 15 is 0 Å². The van der Waals surface area contributed by atoms with Gasteiger partial charge in [-0.2, -0.15) is 5.10 Å². The van der Waals surface area contributed by atoms with Crippen molar-refractivity contribution in [3.63, 3.8) is 0 Å². The lowest BCUT2D eigenvalue weighted by atomic mass is 10.1. The van der Waals surface area contributed by atoms with E-state index < -0.39 is 0 Å². The fourth-order valence-electron chi connectivity index (χ4n) is 2.72. The average molecular weight is 367 g/mol. The Morgan fingerprint density at radius 3 is 2.96 bits per heavy atom. The molecule has 0 spiro atoms. The molecular formula is C19H15ClN4O2. The van der Waals surface area contributed by atoms with Crippen molar-refractivity contribution in [1.82, 2.24) is 20.7 Å². The second kappa shape index (κ2) is 7.01. The molecule has 1 amide bonds. The molecule has 2 aromatic carbocycles. The standard InChI is InChI=1S/C19H15ClN4O2/c20-15-4-2-1-3-12(15)7-8-21-19(25)17-10-18(26-24-17)13-5-6-16-14(9-13)11-22-23-16/h1-6,9-11H,7-8H2,(H,21,25)(H,22,23). The first-order valence-electron chi connectivity index (χ1n) is 8.12. The van der Waals surface area contributed by atoms with E-state index in [9.17, 15) is 4.79 Å². The second-order valence-electron chi connectivity index (χ2n) is 5.85. The Kier molecular flexibility index (Phi) is 4.41. The number of rotatable bonds is 5. The number of hydrogen-bond acceptors (Lipinski definition) is 4. The molecule has 0 unspecified atom stereocenters. The highest BCUT2D eigenvalue weighted by Crippen LogP contribution is 2.24. The molecule has 2 aromatic heterocycles. The Labute approximate surface area is 154 Å². The summed E-state index contributed by atoms with van der Waals surface area (Å²) in [5.41, 5.74) is 3.00. The minimum atomic E-state index is -0.281. The number of benzene rings is 2. The third-order valence-corrected chi connectivity index (χ3v) is 4.47. The Balaban J connectivity index is 1.42. The number of halogens is 1. The van der Waals surface area contributed by atoms with Crippen LogP contribution in [0.1, 0.15) is 16.1 Å². The molecule has 0 aliphatic rings. The van der Waals surface area contributed by atoms with Crippen molar-refractivity contribution in [2.24, 2.45) is 0 Å². The van der Waals surface area contributed by atoms with Crippen molar-refractivity contribution >= 4 is 28.4 Å². The minimum Gasteiger partial charge on any atom is -0.355 e. The number of hydrogen-bond donors (Lipinski definition) is 2. The Morgan fingerprint density at radius 1 is 1.19 bits per heavy atom. The minimum absolute atomic E-state index is 0.242. The first-order valence-corrected chi connectivity index (χ1v) is 8.50. The Bertz CT molecular complexity index is 1070. The molecule has 0 radical (unpaired) electrons. The van der Waals surface area contributed by atoms with Crippen molar-refractivity contribution in [3.05, 3.63) is 71.0 Å². The Hall–Kier alpha value is -3.12. The van der Waals surface area contributed by atoms with Crippen LogP contribution >= 0.6 is 11.6 Å². The molecule has 0 aliphatic heterocycles. The number of nitrogens with one attached hydrogen (secondary N) is 2. The largest absolute Gasteiger partial charge is 0.355 e. The summed E-state index contributed by atoms with van der Waals surface area (Å²) in [6, 6.07) is 14.9. The molecule has 2 heterocycles. The van der Waals surface area contributed by atoms with Gasteiger partial charge in [-0.3, -0.25) is 9.89 Å². The van der Waals surface area contributed by atoms with Crippen LogP contribution in [0.25, 0.3) is 22.2 Å². The van der Waals surface area contributed by atoms with Crippen LogP contribution in [-0.4, -0.2) is 27.8 Å². The smallest absolute Gasteiger partial charge is 0.273 e. The number of fused-ring (bicyclic) bond motifs is 1. The molecule has 0 atom stereocenters. The molecule has 7 heteroatoms. The summed E-state index contributed by atoms with van der Waals surface area (Å²) in [5, 5.41) is 15.2. The van der Waals surface area contributed by atoms with E-state index in [0.29, 0.717) is 23.7 Å². The highest BCUT2D eigenvalue weighted by atomic mass is 35.5. The summed E-state index contributed by atoms with van der Waals surface area (Å²) in [4.78, 5) is 12.3. The van der Waals surface area contributed by atoms with Crippen molar-refractivity contribution in [3.8, 4) is 11.3 Å². The Morgan fingerprint density at radius 2 is 2.08 bits per heavy atom. The van der Waals surface area contributed by atoms with Crippen LogP contribution < -0.4 is 5.32 Å². The number of H-pyrrole nitrogens is 1. The maximum atomic E-state index is 12.3. The third-order valence-electron chi connectivity index (χ3n) is 4.11. The molecule has 6 nitrogen and oxygen atoms in total. The second-order valence-corrected chi connectivity index (χ2v) is 6.25. The van der Waals surface area contributed by atoms with Gasteiger partial charge < -0.3 is 9.84 Å². The summed E-state index contributed by atoms with van der Waals surface area (Å²) < 4.78 is 5.32. The predicted molar refractivity (Wildman–Crippen MR) is 99.1 cm³/mol. The molecule has 4 rings (SSSR count). The van der Waals surface area contributed by atoms with Crippen molar-refractivity contribution in [1.29, 1.82) is 0 Å². The molecule has 4 aromatic rings. The zero-order chi connectivity index (χ0) is 17.9. The summed E-state index contributed by atoms with van der Waals surface area (Å²) in [6.07, 6.45) is 2.38. The van der Waals surface area contributed by atoms with E-state index in [1.54, 1.807) is 12.3 Å². The fraction of sp³-hybridized carbons (Fsp3) is 0.105. The lowest BCUT2D eigenvalue weighted by molar-refractivity contribution is 0.0945. The number of aromatic amines is 1. The van der Waals surface area contributed by atoms with Crippen LogP contribution in [-0.2, 0) is 6.42 Å². The molecular weight excluding hydrogens is 352 g/mol. The van der Waals surface area contributed by atoms with Crippen LogP contribution in [0.4, 0.5) is 0 Å². The zero-order valence-corrected chi connectivity index (χ0v) is 14.5. The van der Waals surface area contributed by atoms with E-state index in [1.165, 1.54) is 0 Å². The monoisotopic (exact) mass is 366 g/mol. The first-order chi connectivity index (χ1) is 12.7. The van der Waals surface area contributed by atoms with Gasteiger partial charge in [0, 0.05) is 28.6 Å². The van der Waals surface area contributed by atoms with Crippen LogP contribution in [0.15, 0.2) is 59.3 Å². The maximum absolute atomic E-state index is 12.3. The topological polar surface area (TPSA) is 83.8 Å². The summed E-state index contributed by atoms with van der Waals surface area (Å²) in [5.74, 6) is 0.251.